The molecule has 13 nitrogen and oxygen atoms in total. The maximum absolute atomic E-state index is 14.2. The Balaban J connectivity index is 1.14. The number of pyridine rings is 1. The average Bonchev–Trinajstić information content (AvgIpc) is 3.68. The lowest BCUT2D eigenvalue weighted by Crippen LogP contribution is -2.51. The topological polar surface area (TPSA) is 193 Å². The van der Waals surface area contributed by atoms with Gasteiger partial charge < -0.3 is 27.0 Å². The van der Waals surface area contributed by atoms with Crippen LogP contribution in [-0.4, -0.2) is 81.2 Å². The lowest BCUT2D eigenvalue weighted by atomic mass is 9.81. The molecule has 6 rings (SSSR count). The van der Waals surface area contributed by atoms with Gasteiger partial charge in [0, 0.05) is 41.9 Å². The Hall–Kier alpha value is -5.08. The minimum absolute atomic E-state index is 0.127. The zero-order valence-corrected chi connectivity index (χ0v) is 28.0. The summed E-state index contributed by atoms with van der Waals surface area (Å²) < 4.78 is 14.2. The van der Waals surface area contributed by atoms with E-state index in [0.717, 1.165) is 53.5 Å². The van der Waals surface area contributed by atoms with Crippen LogP contribution in [-0.2, 0) is 16.0 Å². The van der Waals surface area contributed by atoms with E-state index in [-0.39, 0.29) is 36.4 Å². The van der Waals surface area contributed by atoms with E-state index in [1.54, 1.807) is 36.5 Å². The molecule has 3 heterocycles. The molecular weight excluding hydrogens is 639 g/mol. The standard InChI is InChI=1S/C36H43FN10O3/c1-21-16-31(35(49)42-30-14-15-39-20-29(30)37)40-19-28(21)24-6-2-22(3-7-24)17-32(43-34(48)26-8-4-23(18-38)5-9-26)36(50)41-27-12-10-25(11-13-27)33-44-46-47-45-33/h2-3,6-7,10-13,16,19,23,26,29-30,32,39H,4-5,8-9,14-15,17-18,20,38H2,1H3,(H,41,50)(H,42,49)(H,43,48)(H,44,45,46,47)/t23?,26?,29?,30?,32-/m0/s1. The maximum atomic E-state index is 14.2. The third kappa shape index (κ3) is 8.55. The summed E-state index contributed by atoms with van der Waals surface area (Å²) in [6, 6.07) is 15.1. The van der Waals surface area contributed by atoms with Gasteiger partial charge in [0.15, 0.2) is 0 Å². The van der Waals surface area contributed by atoms with Gasteiger partial charge in [0.1, 0.15) is 17.9 Å². The summed E-state index contributed by atoms with van der Waals surface area (Å²) in [5, 5.41) is 25.7. The number of nitrogens with one attached hydrogen (secondary N) is 5. The summed E-state index contributed by atoms with van der Waals surface area (Å²) in [6.07, 6.45) is 4.60. The fourth-order valence-corrected chi connectivity index (χ4v) is 6.64. The Morgan fingerprint density at radius 1 is 1.00 bits per heavy atom. The smallest absolute Gasteiger partial charge is 0.270 e. The molecule has 2 unspecified atom stereocenters. The highest BCUT2D eigenvalue weighted by Crippen LogP contribution is 2.29. The number of alkyl halides is 1. The van der Waals surface area contributed by atoms with Crippen molar-refractivity contribution in [1.82, 2.24) is 41.6 Å². The molecule has 3 atom stereocenters. The number of amides is 3. The van der Waals surface area contributed by atoms with Gasteiger partial charge in [0.05, 0.1) is 6.04 Å². The molecule has 50 heavy (non-hydrogen) atoms. The minimum Gasteiger partial charge on any atom is -0.345 e. The first-order valence-corrected chi connectivity index (χ1v) is 17.1. The molecule has 0 spiro atoms. The number of tetrazole rings is 1. The molecule has 7 N–H and O–H groups in total. The third-order valence-electron chi connectivity index (χ3n) is 9.71. The van der Waals surface area contributed by atoms with E-state index in [9.17, 15) is 18.8 Å². The second-order valence-corrected chi connectivity index (χ2v) is 13.2. The number of hydrogen-bond donors (Lipinski definition) is 6. The zero-order chi connectivity index (χ0) is 35.0. The van der Waals surface area contributed by atoms with Gasteiger partial charge in [-0.2, -0.15) is 5.21 Å². The van der Waals surface area contributed by atoms with Crippen LogP contribution in [0, 0.1) is 18.8 Å². The normalized spacial score (nSPS) is 21.2. The number of aromatic nitrogens is 5. The number of aromatic amines is 1. The van der Waals surface area contributed by atoms with Crippen molar-refractivity contribution in [2.45, 2.75) is 63.7 Å². The van der Waals surface area contributed by atoms with Gasteiger partial charge in [0.25, 0.3) is 5.91 Å². The number of piperidine rings is 1. The zero-order valence-electron chi connectivity index (χ0n) is 28.0. The van der Waals surface area contributed by atoms with Crippen LogP contribution in [0.25, 0.3) is 22.5 Å². The van der Waals surface area contributed by atoms with Gasteiger partial charge >= 0.3 is 0 Å². The van der Waals surface area contributed by atoms with Crippen molar-refractivity contribution in [3.05, 3.63) is 77.6 Å². The number of carbonyl (C=O) groups is 3. The first kappa shape index (κ1) is 34.8. The van der Waals surface area contributed by atoms with Gasteiger partial charge in [-0.05, 0) is 110 Å². The molecule has 3 amide bonds. The SMILES string of the molecule is Cc1cc(C(=O)NC2CCNCC2F)ncc1-c1ccc(C[C@H](NC(=O)C2CCC(CN)CC2)C(=O)Nc2ccc(-c3nn[nH]n3)cc2)cc1. The van der Waals surface area contributed by atoms with E-state index >= 15 is 0 Å². The summed E-state index contributed by atoms with van der Waals surface area (Å²) in [7, 11) is 0. The Morgan fingerprint density at radius 2 is 1.74 bits per heavy atom. The summed E-state index contributed by atoms with van der Waals surface area (Å²) in [4.78, 5) is 44.3. The molecule has 1 aliphatic heterocycles. The molecule has 0 radical (unpaired) electrons. The van der Waals surface area contributed by atoms with Crippen molar-refractivity contribution in [3.8, 4) is 22.5 Å². The molecule has 2 aromatic heterocycles. The number of H-pyrrole nitrogens is 1. The monoisotopic (exact) mass is 682 g/mol. The van der Waals surface area contributed by atoms with Crippen LogP contribution < -0.4 is 27.0 Å². The lowest BCUT2D eigenvalue weighted by Gasteiger charge is -2.28. The lowest BCUT2D eigenvalue weighted by molar-refractivity contribution is -0.130. The molecule has 262 valence electrons. The Kier molecular flexibility index (Phi) is 11.2. The molecule has 2 fully saturated rings. The van der Waals surface area contributed by atoms with Crippen LogP contribution in [0.1, 0.15) is 53.7 Å². The molecule has 4 aromatic rings. The molecule has 1 saturated heterocycles. The second-order valence-electron chi connectivity index (χ2n) is 13.2. The van der Waals surface area contributed by atoms with Crippen LogP contribution >= 0.6 is 0 Å². The Labute approximate surface area is 289 Å². The van der Waals surface area contributed by atoms with E-state index in [1.165, 1.54) is 0 Å². The van der Waals surface area contributed by atoms with Gasteiger partial charge in [-0.1, -0.05) is 24.3 Å². The van der Waals surface area contributed by atoms with Gasteiger partial charge in [-0.25, -0.2) is 4.39 Å². The fourth-order valence-electron chi connectivity index (χ4n) is 6.64. The number of hydrogen-bond acceptors (Lipinski definition) is 9. The molecule has 2 aromatic carbocycles. The second kappa shape index (κ2) is 16.1. The average molecular weight is 683 g/mol. The van der Waals surface area contributed by atoms with E-state index in [1.807, 2.05) is 31.2 Å². The van der Waals surface area contributed by atoms with E-state index in [0.29, 0.717) is 36.9 Å². The first-order valence-electron chi connectivity index (χ1n) is 17.1. The molecule has 1 saturated carbocycles. The Bertz CT molecular complexity index is 1760. The number of aryl methyl sites for hydroxylation is 1. The van der Waals surface area contributed by atoms with Crippen LogP contribution in [0.3, 0.4) is 0 Å². The van der Waals surface area contributed by atoms with E-state index in [4.69, 9.17) is 5.73 Å². The van der Waals surface area contributed by atoms with Gasteiger partial charge in [-0.15, -0.1) is 10.2 Å². The van der Waals surface area contributed by atoms with Crippen molar-refractivity contribution in [1.29, 1.82) is 0 Å². The number of benzene rings is 2. The number of halogens is 1. The van der Waals surface area contributed by atoms with Crippen molar-refractivity contribution in [3.63, 3.8) is 0 Å². The number of carbonyl (C=O) groups excluding carboxylic acids is 3. The van der Waals surface area contributed by atoms with Crippen LogP contribution in [0.15, 0.2) is 60.8 Å². The highest BCUT2D eigenvalue weighted by atomic mass is 19.1. The molecule has 2 aliphatic rings. The summed E-state index contributed by atoms with van der Waals surface area (Å²) in [5.74, 6) is -0.144. The van der Waals surface area contributed by atoms with Crippen molar-refractivity contribution in [2.24, 2.45) is 17.6 Å². The highest BCUT2D eigenvalue weighted by molar-refractivity contribution is 5.98. The van der Waals surface area contributed by atoms with E-state index in [2.05, 4.69) is 46.9 Å². The quantitative estimate of drug-likeness (QED) is 0.138. The van der Waals surface area contributed by atoms with Crippen LogP contribution in [0.2, 0.25) is 0 Å². The molecule has 1 aliphatic carbocycles. The molecular formula is C36H43FN10O3. The summed E-state index contributed by atoms with van der Waals surface area (Å²) >= 11 is 0. The number of anilines is 1. The van der Waals surface area contributed by atoms with Crippen molar-refractivity contribution in [2.75, 3.05) is 25.0 Å². The summed E-state index contributed by atoms with van der Waals surface area (Å²) in [5.41, 5.74) is 10.8. The number of nitrogens with zero attached hydrogens (tertiary/aromatic N) is 4. The largest absolute Gasteiger partial charge is 0.345 e. The van der Waals surface area contributed by atoms with Crippen LogP contribution in [0.5, 0.6) is 0 Å². The first-order chi connectivity index (χ1) is 24.3. The summed E-state index contributed by atoms with van der Waals surface area (Å²) in [6.45, 7) is 3.39. The van der Waals surface area contributed by atoms with Crippen molar-refractivity contribution >= 4 is 23.4 Å². The minimum atomic E-state index is -1.14. The van der Waals surface area contributed by atoms with Gasteiger partial charge in [0.2, 0.25) is 17.6 Å². The Morgan fingerprint density at radius 3 is 2.40 bits per heavy atom. The predicted octanol–water partition coefficient (Wildman–Crippen LogP) is 3.10. The fraction of sp³-hybridized carbons (Fsp3) is 0.417. The van der Waals surface area contributed by atoms with Crippen molar-refractivity contribution < 1.29 is 18.8 Å². The number of rotatable bonds is 11. The van der Waals surface area contributed by atoms with E-state index < -0.39 is 24.2 Å². The maximum Gasteiger partial charge on any atom is 0.270 e. The number of nitrogens with two attached hydrogens (primary N) is 1. The molecule has 14 heteroatoms. The molecule has 0 bridgehead atoms. The van der Waals surface area contributed by atoms with Gasteiger partial charge in [-0.3, -0.25) is 19.4 Å². The van der Waals surface area contributed by atoms with Crippen LogP contribution in [0.4, 0.5) is 10.1 Å². The third-order valence-corrected chi connectivity index (χ3v) is 9.71. The highest BCUT2D eigenvalue weighted by Gasteiger charge is 2.30. The predicted molar refractivity (Wildman–Crippen MR) is 186 cm³/mol.